The zero-order valence-electron chi connectivity index (χ0n) is 4.66. The van der Waals surface area contributed by atoms with Crippen LogP contribution in [0.5, 0.6) is 0 Å². The summed E-state index contributed by atoms with van der Waals surface area (Å²) in [6, 6.07) is -0.175. The zero-order valence-corrected chi connectivity index (χ0v) is 4.66. The van der Waals surface area contributed by atoms with Crippen molar-refractivity contribution in [1.82, 2.24) is 0 Å². The molecule has 0 aliphatic carbocycles. The van der Waals surface area contributed by atoms with Gasteiger partial charge in [-0.15, -0.1) is 0 Å². The molecular formula is C5H9NO2. The van der Waals surface area contributed by atoms with E-state index in [1.165, 1.54) is 6.08 Å². The van der Waals surface area contributed by atoms with Gasteiger partial charge in [0.15, 0.2) is 0 Å². The van der Waals surface area contributed by atoms with Crippen LogP contribution in [-0.2, 0) is 4.79 Å². The quantitative estimate of drug-likeness (QED) is 0.497. The van der Waals surface area contributed by atoms with Crippen molar-refractivity contribution < 1.29 is 9.90 Å². The fourth-order valence-electron chi connectivity index (χ4n) is 0.234. The molecular weight excluding hydrogens is 106 g/mol. The molecule has 0 aliphatic rings. The van der Waals surface area contributed by atoms with Crippen LogP contribution in [0.25, 0.3) is 0 Å². The molecule has 3 N–H and O–H groups in total. The summed E-state index contributed by atoms with van der Waals surface area (Å²) in [5, 5.41) is 8.02. The van der Waals surface area contributed by atoms with Crippen LogP contribution in [0, 0.1) is 0 Å². The van der Waals surface area contributed by atoms with E-state index in [2.05, 4.69) is 0 Å². The first kappa shape index (κ1) is 7.17. The van der Waals surface area contributed by atoms with Crippen LogP contribution in [0.4, 0.5) is 0 Å². The minimum absolute atomic E-state index is 0.175. The number of carbonyl (C=O) groups is 1. The minimum Gasteiger partial charge on any atom is -0.478 e. The molecule has 3 nitrogen and oxygen atoms in total. The normalized spacial score (nSPS) is 14.2. The molecule has 0 aromatic heterocycles. The van der Waals surface area contributed by atoms with Gasteiger partial charge in [-0.3, -0.25) is 0 Å². The molecule has 0 fully saturated rings. The second-order valence-electron chi connectivity index (χ2n) is 1.56. The first-order valence-corrected chi connectivity index (χ1v) is 2.29. The van der Waals surface area contributed by atoms with E-state index in [0.29, 0.717) is 0 Å². The highest BCUT2D eigenvalue weighted by Crippen LogP contribution is 1.77. The van der Waals surface area contributed by atoms with Crippen LogP contribution in [-0.4, -0.2) is 17.1 Å². The summed E-state index contributed by atoms with van der Waals surface area (Å²) >= 11 is 0. The monoisotopic (exact) mass is 115 g/mol. The first-order chi connectivity index (χ1) is 3.63. The van der Waals surface area contributed by atoms with E-state index in [0.717, 1.165) is 6.08 Å². The maximum atomic E-state index is 9.76. The van der Waals surface area contributed by atoms with Gasteiger partial charge >= 0.3 is 5.97 Å². The van der Waals surface area contributed by atoms with E-state index in [1.807, 2.05) is 0 Å². The molecule has 0 spiro atoms. The summed E-state index contributed by atoms with van der Waals surface area (Å²) in [5.41, 5.74) is 5.19. The van der Waals surface area contributed by atoms with Crippen molar-refractivity contribution in [2.75, 3.05) is 0 Å². The summed E-state index contributed by atoms with van der Waals surface area (Å²) in [6.07, 6.45) is 2.45. The average molecular weight is 115 g/mol. The minimum atomic E-state index is -0.956. The molecule has 0 amide bonds. The van der Waals surface area contributed by atoms with Gasteiger partial charge in [0.05, 0.1) is 0 Å². The molecule has 0 unspecified atom stereocenters. The van der Waals surface area contributed by atoms with Crippen LogP contribution in [0.1, 0.15) is 6.92 Å². The SMILES string of the molecule is C[C@H](N)/C=C/C(=O)O. The number of carboxylic acid groups (broad SMARTS) is 1. The van der Waals surface area contributed by atoms with Crippen molar-refractivity contribution in [2.24, 2.45) is 5.73 Å². The van der Waals surface area contributed by atoms with E-state index < -0.39 is 5.97 Å². The van der Waals surface area contributed by atoms with Crippen LogP contribution >= 0.6 is 0 Å². The van der Waals surface area contributed by atoms with Gasteiger partial charge in [-0.2, -0.15) is 0 Å². The third-order valence-electron chi connectivity index (χ3n) is 0.542. The summed E-state index contributed by atoms with van der Waals surface area (Å²) in [4.78, 5) is 9.76. The van der Waals surface area contributed by atoms with Gasteiger partial charge in [0.2, 0.25) is 0 Å². The Balaban J connectivity index is 3.50. The first-order valence-electron chi connectivity index (χ1n) is 2.29. The maximum absolute atomic E-state index is 9.76. The van der Waals surface area contributed by atoms with Crippen molar-refractivity contribution in [3.8, 4) is 0 Å². The summed E-state index contributed by atoms with van der Waals surface area (Å²) in [6.45, 7) is 1.71. The van der Waals surface area contributed by atoms with Crippen LogP contribution in [0.15, 0.2) is 12.2 Å². The Morgan fingerprint density at radius 2 is 2.38 bits per heavy atom. The van der Waals surface area contributed by atoms with Gasteiger partial charge in [0.1, 0.15) is 0 Å². The predicted molar refractivity (Wildman–Crippen MR) is 30.4 cm³/mol. The highest BCUT2D eigenvalue weighted by atomic mass is 16.4. The molecule has 8 heavy (non-hydrogen) atoms. The average Bonchev–Trinajstić information content (AvgIpc) is 1.61. The van der Waals surface area contributed by atoms with Crippen molar-refractivity contribution >= 4 is 5.97 Å². The molecule has 0 saturated heterocycles. The van der Waals surface area contributed by atoms with Crippen LogP contribution in [0.3, 0.4) is 0 Å². The Hall–Kier alpha value is -0.830. The lowest BCUT2D eigenvalue weighted by Crippen LogP contribution is -2.10. The van der Waals surface area contributed by atoms with Gasteiger partial charge in [-0.25, -0.2) is 4.79 Å². The molecule has 0 aliphatic heterocycles. The summed E-state index contributed by atoms with van der Waals surface area (Å²) < 4.78 is 0. The molecule has 3 heteroatoms. The highest BCUT2D eigenvalue weighted by Gasteiger charge is 1.86. The van der Waals surface area contributed by atoms with Crippen LogP contribution < -0.4 is 5.73 Å². The summed E-state index contributed by atoms with van der Waals surface area (Å²) in [7, 11) is 0. The van der Waals surface area contributed by atoms with Crippen molar-refractivity contribution in [1.29, 1.82) is 0 Å². The standard InChI is InChI=1S/C5H9NO2/c1-4(6)2-3-5(7)8/h2-4H,6H2,1H3,(H,7,8)/b3-2+/t4-/m0/s1. The van der Waals surface area contributed by atoms with Gasteiger partial charge in [-0.05, 0) is 6.92 Å². The molecule has 0 saturated carbocycles. The van der Waals surface area contributed by atoms with Crippen molar-refractivity contribution in [3.63, 3.8) is 0 Å². The molecule has 46 valence electrons. The lowest BCUT2D eigenvalue weighted by Gasteiger charge is -1.89. The molecule has 0 aromatic carbocycles. The maximum Gasteiger partial charge on any atom is 0.328 e. The topological polar surface area (TPSA) is 63.3 Å². The van der Waals surface area contributed by atoms with Crippen LogP contribution in [0.2, 0.25) is 0 Å². The Bertz CT molecular complexity index is 107. The fraction of sp³-hybridized carbons (Fsp3) is 0.400. The molecule has 0 bridgehead atoms. The Kier molecular flexibility index (Phi) is 2.88. The number of aliphatic carboxylic acids is 1. The molecule has 0 rings (SSSR count). The molecule has 0 heterocycles. The Labute approximate surface area is 47.8 Å². The highest BCUT2D eigenvalue weighted by molar-refractivity contribution is 5.79. The van der Waals surface area contributed by atoms with E-state index in [4.69, 9.17) is 10.8 Å². The largest absolute Gasteiger partial charge is 0.478 e. The van der Waals surface area contributed by atoms with Gasteiger partial charge in [0.25, 0.3) is 0 Å². The Morgan fingerprint density at radius 1 is 1.88 bits per heavy atom. The molecule has 0 aromatic rings. The van der Waals surface area contributed by atoms with E-state index >= 15 is 0 Å². The van der Waals surface area contributed by atoms with E-state index in [-0.39, 0.29) is 6.04 Å². The number of hydrogen-bond acceptors (Lipinski definition) is 2. The second kappa shape index (κ2) is 3.21. The third-order valence-corrected chi connectivity index (χ3v) is 0.542. The smallest absolute Gasteiger partial charge is 0.328 e. The lowest BCUT2D eigenvalue weighted by molar-refractivity contribution is -0.131. The van der Waals surface area contributed by atoms with Gasteiger partial charge in [-0.1, -0.05) is 6.08 Å². The van der Waals surface area contributed by atoms with Crippen molar-refractivity contribution in [2.45, 2.75) is 13.0 Å². The zero-order chi connectivity index (χ0) is 6.57. The number of carboxylic acids is 1. The summed E-state index contributed by atoms with van der Waals surface area (Å²) in [5.74, 6) is -0.956. The van der Waals surface area contributed by atoms with E-state index in [1.54, 1.807) is 6.92 Å². The number of hydrogen-bond donors (Lipinski definition) is 2. The third kappa shape index (κ3) is 5.17. The lowest BCUT2D eigenvalue weighted by atomic mass is 10.3. The Morgan fingerprint density at radius 3 is 2.50 bits per heavy atom. The number of nitrogens with two attached hydrogens (primary N) is 1. The van der Waals surface area contributed by atoms with Gasteiger partial charge in [0, 0.05) is 12.1 Å². The van der Waals surface area contributed by atoms with Gasteiger partial charge < -0.3 is 10.8 Å². The van der Waals surface area contributed by atoms with E-state index in [9.17, 15) is 4.79 Å². The fourth-order valence-corrected chi connectivity index (χ4v) is 0.234. The number of rotatable bonds is 2. The second-order valence-corrected chi connectivity index (χ2v) is 1.56. The molecule has 0 radical (unpaired) electrons. The molecule has 1 atom stereocenters. The predicted octanol–water partition coefficient (Wildman–Crippen LogP) is -0.0256. The van der Waals surface area contributed by atoms with Crippen molar-refractivity contribution in [3.05, 3.63) is 12.2 Å².